The SMILES string of the molecule is c1ccc2c(N(c3ccc4c(c3)c3ccccc3c3cc5c(cc43)oc3c(N(c4cccc6ccccc46)c4cccc6c4sc4ccccc46)cccc35)c3cccc4c3sc3ccccc34)cccc2c1. The third kappa shape index (κ3) is 6.04. The smallest absolute Gasteiger partial charge is 0.159 e. The van der Waals surface area contributed by atoms with E-state index in [-0.39, 0.29) is 0 Å². The standard InChI is InChI=1S/C68H40N2OS2/c1-3-20-44-41(16-1)18-11-29-58(44)69(61-32-14-27-52-49-24-7-9-34-64(49)72-67(52)61)43-36-37-48-54(38-43)46-22-5-6-23-47(46)55-39-57-51-26-13-31-60(66(51)71-63(57)40-56(48)55)70(59-30-12-19-42-17-2-4-21-45(42)59)62-33-15-28-53-50-25-8-10-35-65(50)73-68(53)62/h1-40H. The maximum absolute atomic E-state index is 7.30. The Labute approximate surface area is 427 Å². The topological polar surface area (TPSA) is 19.6 Å². The summed E-state index contributed by atoms with van der Waals surface area (Å²) >= 11 is 3.72. The Hall–Kier alpha value is -9.00. The van der Waals surface area contributed by atoms with Crippen molar-refractivity contribution in [1.29, 1.82) is 0 Å². The number of para-hydroxylation sites is 1. The molecule has 0 N–H and O–H groups in total. The Morgan fingerprint density at radius 2 is 0.685 bits per heavy atom. The van der Waals surface area contributed by atoms with E-state index in [1.807, 2.05) is 22.7 Å². The van der Waals surface area contributed by atoms with E-state index < -0.39 is 0 Å². The Balaban J connectivity index is 0.942. The molecule has 0 aliphatic rings. The molecule has 3 heterocycles. The molecular weight excluding hydrogens is 925 g/mol. The third-order valence-corrected chi connectivity index (χ3v) is 17.6. The minimum atomic E-state index is 0.857. The number of benzene rings is 13. The summed E-state index contributed by atoms with van der Waals surface area (Å²) in [7, 11) is 0. The highest BCUT2D eigenvalue weighted by Gasteiger charge is 2.26. The van der Waals surface area contributed by atoms with Gasteiger partial charge in [0.25, 0.3) is 0 Å². The van der Waals surface area contributed by atoms with Gasteiger partial charge in [-0.25, -0.2) is 0 Å². The van der Waals surface area contributed by atoms with Crippen LogP contribution in [0.2, 0.25) is 0 Å². The molecule has 13 aromatic carbocycles. The number of nitrogens with zero attached hydrogens (tertiary/aromatic N) is 2. The second kappa shape index (κ2) is 15.8. The zero-order valence-corrected chi connectivity index (χ0v) is 40.8. The van der Waals surface area contributed by atoms with E-state index in [2.05, 4.69) is 252 Å². The van der Waals surface area contributed by atoms with Gasteiger partial charge < -0.3 is 14.2 Å². The van der Waals surface area contributed by atoms with Crippen molar-refractivity contribution in [2.75, 3.05) is 9.80 Å². The number of hydrogen-bond acceptors (Lipinski definition) is 5. The highest BCUT2D eigenvalue weighted by Crippen LogP contribution is 2.51. The van der Waals surface area contributed by atoms with Crippen molar-refractivity contribution in [1.82, 2.24) is 0 Å². The maximum Gasteiger partial charge on any atom is 0.159 e. The van der Waals surface area contributed by atoms with Crippen LogP contribution in [0.5, 0.6) is 0 Å². The molecule has 3 nitrogen and oxygen atoms in total. The van der Waals surface area contributed by atoms with E-state index in [1.54, 1.807) is 0 Å². The Morgan fingerprint density at radius 1 is 0.260 bits per heavy atom. The lowest BCUT2D eigenvalue weighted by molar-refractivity contribution is 0.669. The molecule has 0 bridgehead atoms. The molecule has 16 aromatic rings. The van der Waals surface area contributed by atoms with Crippen LogP contribution in [-0.2, 0) is 0 Å². The summed E-state index contributed by atoms with van der Waals surface area (Å²) in [5.74, 6) is 0. The number of anilines is 6. The van der Waals surface area contributed by atoms with Gasteiger partial charge in [0.1, 0.15) is 5.58 Å². The fraction of sp³-hybridized carbons (Fsp3) is 0. The summed E-state index contributed by atoms with van der Waals surface area (Å²) < 4.78 is 12.4. The van der Waals surface area contributed by atoms with Crippen LogP contribution in [0.1, 0.15) is 0 Å². The van der Waals surface area contributed by atoms with Crippen molar-refractivity contribution >= 4 is 173 Å². The highest BCUT2D eigenvalue weighted by molar-refractivity contribution is 7.26. The first-order chi connectivity index (χ1) is 36.2. The lowest BCUT2D eigenvalue weighted by atomic mass is 9.92. The second-order valence-corrected chi connectivity index (χ2v) is 21.2. The molecule has 0 saturated carbocycles. The maximum atomic E-state index is 7.30. The van der Waals surface area contributed by atoms with E-state index >= 15 is 0 Å². The first-order valence-corrected chi connectivity index (χ1v) is 26.4. The van der Waals surface area contributed by atoms with Gasteiger partial charge in [-0.05, 0) is 110 Å². The summed E-state index contributed by atoms with van der Waals surface area (Å²) in [6, 6.07) is 89.2. The van der Waals surface area contributed by atoms with Gasteiger partial charge in [-0.2, -0.15) is 0 Å². The third-order valence-electron chi connectivity index (χ3n) is 15.2. The van der Waals surface area contributed by atoms with Crippen LogP contribution in [0.25, 0.3) is 116 Å². The molecule has 0 amide bonds. The molecule has 73 heavy (non-hydrogen) atoms. The summed E-state index contributed by atoms with van der Waals surface area (Å²) in [6.45, 7) is 0. The number of thiophene rings is 2. The van der Waals surface area contributed by atoms with Gasteiger partial charge in [-0.1, -0.05) is 176 Å². The molecule has 0 unspecified atom stereocenters. The first kappa shape index (κ1) is 40.7. The van der Waals surface area contributed by atoms with Gasteiger partial charge in [-0.3, -0.25) is 0 Å². The van der Waals surface area contributed by atoms with Crippen molar-refractivity contribution in [2.24, 2.45) is 0 Å². The molecule has 3 aromatic heterocycles. The van der Waals surface area contributed by atoms with Crippen LogP contribution in [0.4, 0.5) is 34.1 Å². The summed E-state index contributed by atoms with van der Waals surface area (Å²) in [4.78, 5) is 4.93. The van der Waals surface area contributed by atoms with E-state index in [0.29, 0.717) is 0 Å². The summed E-state index contributed by atoms with van der Waals surface area (Å²) in [6.07, 6.45) is 0. The number of furan rings is 1. The van der Waals surface area contributed by atoms with Crippen LogP contribution >= 0.6 is 22.7 Å². The predicted molar refractivity (Wildman–Crippen MR) is 316 cm³/mol. The Bertz CT molecular complexity index is 4950. The van der Waals surface area contributed by atoms with E-state index in [0.717, 1.165) is 55.8 Å². The minimum Gasteiger partial charge on any atom is -0.454 e. The van der Waals surface area contributed by atoms with Gasteiger partial charge in [0.2, 0.25) is 0 Å². The minimum absolute atomic E-state index is 0.857. The molecule has 0 spiro atoms. The molecule has 0 aliphatic heterocycles. The molecule has 0 fully saturated rings. The van der Waals surface area contributed by atoms with Gasteiger partial charge >= 0.3 is 0 Å². The second-order valence-electron chi connectivity index (χ2n) is 19.1. The number of fused-ring (bicyclic) bond motifs is 17. The van der Waals surface area contributed by atoms with Crippen LogP contribution in [0.3, 0.4) is 0 Å². The monoisotopic (exact) mass is 964 g/mol. The largest absolute Gasteiger partial charge is 0.454 e. The average Bonchev–Trinajstić information content (AvgIpc) is 4.15. The average molecular weight is 965 g/mol. The molecular formula is C68H40N2OS2. The van der Waals surface area contributed by atoms with Gasteiger partial charge in [0.05, 0.1) is 37.8 Å². The van der Waals surface area contributed by atoms with E-state index in [4.69, 9.17) is 4.42 Å². The van der Waals surface area contributed by atoms with Crippen molar-refractivity contribution < 1.29 is 4.42 Å². The summed E-state index contributed by atoms with van der Waals surface area (Å²) in [5.41, 5.74) is 8.37. The molecule has 0 radical (unpaired) electrons. The summed E-state index contributed by atoms with van der Waals surface area (Å²) in [5, 5.41) is 19.3. The Morgan fingerprint density at radius 3 is 1.32 bits per heavy atom. The quantitative estimate of drug-likeness (QED) is 0.155. The molecule has 5 heteroatoms. The van der Waals surface area contributed by atoms with Crippen LogP contribution < -0.4 is 9.80 Å². The van der Waals surface area contributed by atoms with Crippen LogP contribution in [0.15, 0.2) is 247 Å². The highest BCUT2D eigenvalue weighted by atomic mass is 32.1. The molecule has 340 valence electrons. The lowest BCUT2D eigenvalue weighted by Crippen LogP contribution is -2.11. The fourth-order valence-electron chi connectivity index (χ4n) is 12.0. The van der Waals surface area contributed by atoms with Crippen LogP contribution in [-0.4, -0.2) is 0 Å². The fourth-order valence-corrected chi connectivity index (χ4v) is 14.4. The molecule has 16 rings (SSSR count). The van der Waals surface area contributed by atoms with Gasteiger partial charge in [-0.15, -0.1) is 22.7 Å². The zero-order chi connectivity index (χ0) is 47.7. The van der Waals surface area contributed by atoms with Gasteiger partial charge in [0.15, 0.2) is 5.58 Å². The molecule has 0 atom stereocenters. The molecule has 0 saturated heterocycles. The van der Waals surface area contributed by atoms with Crippen molar-refractivity contribution in [3.63, 3.8) is 0 Å². The van der Waals surface area contributed by atoms with E-state index in [9.17, 15) is 0 Å². The zero-order valence-electron chi connectivity index (χ0n) is 39.2. The lowest BCUT2D eigenvalue weighted by Gasteiger charge is -2.28. The Kier molecular flexibility index (Phi) is 8.78. The van der Waals surface area contributed by atoms with Crippen molar-refractivity contribution in [2.45, 2.75) is 0 Å². The predicted octanol–water partition coefficient (Wildman–Crippen LogP) is 21.0. The molecule has 0 aliphatic carbocycles. The number of rotatable bonds is 6. The van der Waals surface area contributed by atoms with Crippen molar-refractivity contribution in [3.8, 4) is 0 Å². The van der Waals surface area contributed by atoms with Gasteiger partial charge in [0, 0.05) is 58.2 Å². The van der Waals surface area contributed by atoms with E-state index in [1.165, 1.54) is 94.5 Å². The van der Waals surface area contributed by atoms with Crippen molar-refractivity contribution in [3.05, 3.63) is 243 Å². The first-order valence-electron chi connectivity index (χ1n) is 24.8. The number of hydrogen-bond donors (Lipinski definition) is 0. The normalized spacial score (nSPS) is 12.1. The van der Waals surface area contributed by atoms with Crippen LogP contribution in [0, 0.1) is 0 Å².